The summed E-state index contributed by atoms with van der Waals surface area (Å²) in [5.41, 5.74) is 0.388. The van der Waals surface area contributed by atoms with Crippen molar-refractivity contribution in [3.05, 3.63) is 39.9 Å². The summed E-state index contributed by atoms with van der Waals surface area (Å²) in [6.07, 6.45) is -0.0419. The molecule has 7 heteroatoms. The first-order valence-electron chi connectivity index (χ1n) is 7.25. The number of thioether (sulfide) groups is 1. The summed E-state index contributed by atoms with van der Waals surface area (Å²) in [6, 6.07) is 5.79. The third-order valence-electron chi connectivity index (χ3n) is 3.44. The predicted octanol–water partition coefficient (Wildman–Crippen LogP) is 3.20. The Morgan fingerprint density at radius 1 is 1.59 bits per heavy atom. The van der Waals surface area contributed by atoms with Crippen LogP contribution in [-0.2, 0) is 10.5 Å². The molecule has 0 saturated carbocycles. The second kappa shape index (κ2) is 7.30. The van der Waals surface area contributed by atoms with Gasteiger partial charge < -0.3 is 14.2 Å². The maximum Gasteiger partial charge on any atom is 0.276 e. The first kappa shape index (κ1) is 15.6. The zero-order valence-electron chi connectivity index (χ0n) is 12.4. The van der Waals surface area contributed by atoms with Gasteiger partial charge in [-0.25, -0.2) is 0 Å². The highest BCUT2D eigenvalue weighted by atomic mass is 32.2. The fraction of sp³-hybridized carbons (Fsp3) is 0.467. The van der Waals surface area contributed by atoms with Crippen molar-refractivity contribution in [2.45, 2.75) is 18.8 Å². The van der Waals surface area contributed by atoms with E-state index in [1.165, 1.54) is 0 Å². The summed E-state index contributed by atoms with van der Waals surface area (Å²) in [7, 11) is 0. The molecule has 22 heavy (non-hydrogen) atoms. The number of hydrogen-bond donors (Lipinski definition) is 0. The standard InChI is InChI=1S/C15H18N2O3S2/c1-2-21-10-11-8-12(16-20-11)15(18)17-5-6-19-13(9-17)14-4-3-7-22-14/h3-4,7-8,13H,2,5-6,9-10H2,1H3. The largest absolute Gasteiger partial charge is 0.369 e. The lowest BCUT2D eigenvalue weighted by Crippen LogP contribution is -2.42. The number of morpholine rings is 1. The van der Waals surface area contributed by atoms with E-state index in [0.717, 1.165) is 22.1 Å². The van der Waals surface area contributed by atoms with Crippen LogP contribution in [0.3, 0.4) is 0 Å². The van der Waals surface area contributed by atoms with E-state index in [0.29, 0.717) is 25.4 Å². The minimum absolute atomic E-state index is 0.0419. The maximum absolute atomic E-state index is 12.5. The van der Waals surface area contributed by atoms with Gasteiger partial charge >= 0.3 is 0 Å². The summed E-state index contributed by atoms with van der Waals surface area (Å²) in [6.45, 7) is 3.79. The number of aromatic nitrogens is 1. The molecule has 5 nitrogen and oxygen atoms in total. The molecule has 1 fully saturated rings. The van der Waals surface area contributed by atoms with Crippen LogP contribution < -0.4 is 0 Å². The van der Waals surface area contributed by atoms with Crippen molar-refractivity contribution in [3.63, 3.8) is 0 Å². The zero-order chi connectivity index (χ0) is 15.4. The second-order valence-corrected chi connectivity index (χ2v) is 7.20. The van der Waals surface area contributed by atoms with Gasteiger partial charge in [0, 0.05) is 17.5 Å². The molecular weight excluding hydrogens is 320 g/mol. The van der Waals surface area contributed by atoms with Crippen molar-refractivity contribution < 1.29 is 14.1 Å². The molecule has 1 aliphatic rings. The quantitative estimate of drug-likeness (QED) is 0.838. The molecule has 1 amide bonds. The van der Waals surface area contributed by atoms with Gasteiger partial charge in [0.15, 0.2) is 5.69 Å². The molecule has 0 radical (unpaired) electrons. The van der Waals surface area contributed by atoms with Crippen molar-refractivity contribution in [3.8, 4) is 0 Å². The third-order valence-corrected chi connectivity index (χ3v) is 5.30. The Kier molecular flexibility index (Phi) is 5.17. The molecule has 3 rings (SSSR count). The highest BCUT2D eigenvalue weighted by molar-refractivity contribution is 7.98. The molecule has 1 atom stereocenters. The van der Waals surface area contributed by atoms with Gasteiger partial charge in [0.05, 0.1) is 18.9 Å². The fourth-order valence-corrected chi connectivity index (χ4v) is 3.63. The van der Waals surface area contributed by atoms with Crippen molar-refractivity contribution >= 4 is 29.0 Å². The number of thiophene rings is 1. The number of amides is 1. The van der Waals surface area contributed by atoms with Crippen LogP contribution in [0.5, 0.6) is 0 Å². The number of nitrogens with zero attached hydrogens (tertiary/aromatic N) is 2. The Balaban J connectivity index is 1.65. The molecule has 1 saturated heterocycles. The van der Waals surface area contributed by atoms with Crippen LogP contribution in [-0.4, -0.2) is 41.4 Å². The van der Waals surface area contributed by atoms with Crippen LogP contribution >= 0.6 is 23.1 Å². The predicted molar refractivity (Wildman–Crippen MR) is 87.3 cm³/mol. The van der Waals surface area contributed by atoms with E-state index in [9.17, 15) is 4.79 Å². The summed E-state index contributed by atoms with van der Waals surface area (Å²) in [5.74, 6) is 2.42. The Morgan fingerprint density at radius 3 is 3.27 bits per heavy atom. The normalized spacial score (nSPS) is 18.6. The van der Waals surface area contributed by atoms with Crippen molar-refractivity contribution in [1.82, 2.24) is 10.1 Å². The van der Waals surface area contributed by atoms with E-state index in [-0.39, 0.29) is 12.0 Å². The van der Waals surface area contributed by atoms with Gasteiger partial charge in [-0.2, -0.15) is 11.8 Å². The number of hydrogen-bond acceptors (Lipinski definition) is 6. The molecule has 2 aromatic rings. The molecule has 0 N–H and O–H groups in total. The van der Waals surface area contributed by atoms with Gasteiger partial charge in [0.25, 0.3) is 5.91 Å². The fourth-order valence-electron chi connectivity index (χ4n) is 2.33. The average molecular weight is 338 g/mol. The van der Waals surface area contributed by atoms with Crippen LogP contribution in [0.1, 0.15) is 34.2 Å². The Bertz CT molecular complexity index is 612. The first-order valence-corrected chi connectivity index (χ1v) is 9.29. The molecule has 0 aliphatic carbocycles. The number of carbonyl (C=O) groups excluding carboxylic acids is 1. The lowest BCUT2D eigenvalue weighted by Gasteiger charge is -2.31. The molecule has 3 heterocycles. The SMILES string of the molecule is CCSCc1cc(C(=O)N2CCOC(c3cccs3)C2)no1. The van der Waals surface area contributed by atoms with Crippen LogP contribution in [0.2, 0.25) is 0 Å². The van der Waals surface area contributed by atoms with E-state index >= 15 is 0 Å². The minimum atomic E-state index is -0.0821. The van der Waals surface area contributed by atoms with E-state index in [1.54, 1.807) is 34.1 Å². The summed E-state index contributed by atoms with van der Waals surface area (Å²) < 4.78 is 11.0. The molecule has 1 unspecified atom stereocenters. The molecule has 0 spiro atoms. The average Bonchev–Trinajstić information content (AvgIpc) is 3.24. The van der Waals surface area contributed by atoms with Gasteiger partial charge in [0.2, 0.25) is 0 Å². The maximum atomic E-state index is 12.5. The molecule has 0 bridgehead atoms. The lowest BCUT2D eigenvalue weighted by atomic mass is 10.2. The van der Waals surface area contributed by atoms with Crippen LogP contribution in [0.4, 0.5) is 0 Å². The summed E-state index contributed by atoms with van der Waals surface area (Å²) in [4.78, 5) is 15.5. The second-order valence-electron chi connectivity index (χ2n) is 4.94. The van der Waals surface area contributed by atoms with Crippen LogP contribution in [0.15, 0.2) is 28.1 Å². The smallest absolute Gasteiger partial charge is 0.276 e. The number of ether oxygens (including phenoxy) is 1. The monoisotopic (exact) mass is 338 g/mol. The van der Waals surface area contributed by atoms with Gasteiger partial charge in [-0.3, -0.25) is 4.79 Å². The van der Waals surface area contributed by atoms with Gasteiger partial charge in [-0.1, -0.05) is 18.1 Å². The van der Waals surface area contributed by atoms with Gasteiger partial charge in [-0.15, -0.1) is 11.3 Å². The summed E-state index contributed by atoms with van der Waals surface area (Å²) >= 11 is 3.40. The molecule has 2 aromatic heterocycles. The van der Waals surface area contributed by atoms with E-state index in [1.807, 2.05) is 17.5 Å². The number of carbonyl (C=O) groups is 1. The summed E-state index contributed by atoms with van der Waals surface area (Å²) in [5, 5.41) is 5.94. The van der Waals surface area contributed by atoms with Crippen LogP contribution in [0, 0.1) is 0 Å². The van der Waals surface area contributed by atoms with Gasteiger partial charge in [0.1, 0.15) is 11.9 Å². The number of rotatable bonds is 5. The Labute approximate surface area is 137 Å². The van der Waals surface area contributed by atoms with Crippen LogP contribution in [0.25, 0.3) is 0 Å². The van der Waals surface area contributed by atoms with Crippen molar-refractivity contribution in [2.75, 3.05) is 25.4 Å². The van der Waals surface area contributed by atoms with E-state index in [2.05, 4.69) is 12.1 Å². The highest BCUT2D eigenvalue weighted by Gasteiger charge is 2.28. The minimum Gasteiger partial charge on any atom is -0.369 e. The Hall–Kier alpha value is -1.31. The lowest BCUT2D eigenvalue weighted by molar-refractivity contribution is -0.0215. The topological polar surface area (TPSA) is 55.6 Å². The molecular formula is C15H18N2O3S2. The third kappa shape index (κ3) is 3.53. The Morgan fingerprint density at radius 2 is 2.50 bits per heavy atom. The van der Waals surface area contributed by atoms with Gasteiger partial charge in [-0.05, 0) is 17.2 Å². The first-order chi connectivity index (χ1) is 10.8. The van der Waals surface area contributed by atoms with Crippen molar-refractivity contribution in [1.29, 1.82) is 0 Å². The molecule has 118 valence electrons. The zero-order valence-corrected chi connectivity index (χ0v) is 14.0. The molecule has 1 aliphatic heterocycles. The van der Waals surface area contributed by atoms with Crippen molar-refractivity contribution in [2.24, 2.45) is 0 Å². The molecule has 0 aromatic carbocycles. The highest BCUT2D eigenvalue weighted by Crippen LogP contribution is 2.26. The van der Waals surface area contributed by atoms with E-state index in [4.69, 9.17) is 9.26 Å². The van der Waals surface area contributed by atoms with E-state index < -0.39 is 0 Å².